The van der Waals surface area contributed by atoms with Crippen LogP contribution in [0.3, 0.4) is 0 Å². The topological polar surface area (TPSA) is 61.7 Å². The zero-order chi connectivity index (χ0) is 14.0. The average Bonchev–Trinajstić information content (AvgIpc) is 2.90. The van der Waals surface area contributed by atoms with Gasteiger partial charge in [-0.05, 0) is 26.3 Å². The first-order valence-corrected chi connectivity index (χ1v) is 6.81. The van der Waals surface area contributed by atoms with Crippen LogP contribution in [0.4, 0.5) is 0 Å². The molecule has 2 heterocycles. The molecule has 0 radical (unpaired) electrons. The van der Waals surface area contributed by atoms with Crippen molar-refractivity contribution in [2.75, 3.05) is 0 Å². The van der Waals surface area contributed by atoms with E-state index in [1.165, 1.54) is 17.0 Å². The Morgan fingerprint density at radius 3 is 2.68 bits per heavy atom. The SMILES string of the molecule is CCC(N)c1c(C)nn(CCc2ccnn2C)c1C. The molecule has 0 spiro atoms. The van der Waals surface area contributed by atoms with Crippen LogP contribution in [0.25, 0.3) is 0 Å². The zero-order valence-electron chi connectivity index (χ0n) is 12.2. The molecule has 0 aliphatic rings. The molecule has 0 fully saturated rings. The van der Waals surface area contributed by atoms with Crippen molar-refractivity contribution in [3.05, 3.63) is 34.9 Å². The summed E-state index contributed by atoms with van der Waals surface area (Å²) in [6.07, 6.45) is 3.70. The summed E-state index contributed by atoms with van der Waals surface area (Å²) in [4.78, 5) is 0. The van der Waals surface area contributed by atoms with Gasteiger partial charge in [-0.25, -0.2) is 0 Å². The van der Waals surface area contributed by atoms with E-state index in [0.29, 0.717) is 0 Å². The Morgan fingerprint density at radius 1 is 1.37 bits per heavy atom. The van der Waals surface area contributed by atoms with E-state index in [2.05, 4.69) is 28.7 Å². The van der Waals surface area contributed by atoms with Gasteiger partial charge in [0.2, 0.25) is 0 Å². The first-order valence-electron chi connectivity index (χ1n) is 6.81. The van der Waals surface area contributed by atoms with E-state index in [1.807, 2.05) is 30.9 Å². The lowest BCUT2D eigenvalue weighted by molar-refractivity contribution is 0.568. The molecule has 2 N–H and O–H groups in total. The van der Waals surface area contributed by atoms with Gasteiger partial charge in [0.1, 0.15) is 0 Å². The predicted octanol–water partition coefficient (Wildman–Crippen LogP) is 1.89. The van der Waals surface area contributed by atoms with Crippen molar-refractivity contribution in [2.24, 2.45) is 12.8 Å². The number of aryl methyl sites for hydroxylation is 4. The van der Waals surface area contributed by atoms with E-state index in [4.69, 9.17) is 5.73 Å². The fraction of sp³-hybridized carbons (Fsp3) is 0.571. The standard InChI is InChI=1S/C14H23N5/c1-5-13(15)14-10(2)17-19(11(14)3)9-7-12-6-8-16-18(12)4/h6,8,13H,5,7,9,15H2,1-4H3. The zero-order valence-corrected chi connectivity index (χ0v) is 12.2. The molecule has 0 bridgehead atoms. The Labute approximate surface area is 114 Å². The highest BCUT2D eigenvalue weighted by molar-refractivity contribution is 5.27. The van der Waals surface area contributed by atoms with E-state index in [-0.39, 0.29) is 6.04 Å². The highest BCUT2D eigenvalue weighted by Crippen LogP contribution is 2.22. The lowest BCUT2D eigenvalue weighted by atomic mass is 10.0. The molecular formula is C14H23N5. The van der Waals surface area contributed by atoms with Crippen LogP contribution in [-0.4, -0.2) is 19.6 Å². The first kappa shape index (κ1) is 13.8. The van der Waals surface area contributed by atoms with Crippen molar-refractivity contribution < 1.29 is 0 Å². The van der Waals surface area contributed by atoms with Crippen LogP contribution in [0, 0.1) is 13.8 Å². The third-order valence-electron chi connectivity index (χ3n) is 3.75. The Morgan fingerprint density at radius 2 is 2.11 bits per heavy atom. The van der Waals surface area contributed by atoms with Crippen molar-refractivity contribution >= 4 is 0 Å². The summed E-state index contributed by atoms with van der Waals surface area (Å²) in [6, 6.07) is 2.13. The van der Waals surface area contributed by atoms with Gasteiger partial charge >= 0.3 is 0 Å². The largest absolute Gasteiger partial charge is 0.324 e. The maximum absolute atomic E-state index is 6.16. The molecule has 5 nitrogen and oxygen atoms in total. The number of hydrogen-bond acceptors (Lipinski definition) is 3. The molecule has 0 saturated heterocycles. The van der Waals surface area contributed by atoms with Crippen molar-refractivity contribution in [2.45, 2.75) is 46.2 Å². The maximum atomic E-state index is 6.16. The average molecular weight is 261 g/mol. The summed E-state index contributed by atoms with van der Waals surface area (Å²) >= 11 is 0. The molecule has 2 aromatic rings. The van der Waals surface area contributed by atoms with Crippen molar-refractivity contribution in [1.29, 1.82) is 0 Å². The molecule has 104 valence electrons. The van der Waals surface area contributed by atoms with Gasteiger partial charge in [-0.2, -0.15) is 10.2 Å². The van der Waals surface area contributed by atoms with E-state index in [0.717, 1.165) is 25.1 Å². The Balaban J connectivity index is 2.16. The van der Waals surface area contributed by atoms with Crippen LogP contribution in [0.15, 0.2) is 12.3 Å². The van der Waals surface area contributed by atoms with Crippen LogP contribution in [0.5, 0.6) is 0 Å². The molecular weight excluding hydrogens is 238 g/mol. The Kier molecular flexibility index (Phi) is 4.04. The van der Waals surface area contributed by atoms with Crippen LogP contribution < -0.4 is 5.73 Å². The van der Waals surface area contributed by atoms with Gasteiger partial charge in [-0.3, -0.25) is 9.36 Å². The van der Waals surface area contributed by atoms with Crippen LogP contribution in [0.2, 0.25) is 0 Å². The highest BCUT2D eigenvalue weighted by atomic mass is 15.3. The normalized spacial score (nSPS) is 12.9. The van der Waals surface area contributed by atoms with Crippen molar-refractivity contribution in [3.8, 4) is 0 Å². The summed E-state index contributed by atoms with van der Waals surface area (Å²) in [7, 11) is 1.97. The molecule has 19 heavy (non-hydrogen) atoms. The number of hydrogen-bond donors (Lipinski definition) is 1. The van der Waals surface area contributed by atoms with Gasteiger partial charge in [-0.15, -0.1) is 0 Å². The summed E-state index contributed by atoms with van der Waals surface area (Å²) in [5.41, 5.74) is 10.8. The fourth-order valence-electron chi connectivity index (χ4n) is 2.54. The quantitative estimate of drug-likeness (QED) is 0.894. The van der Waals surface area contributed by atoms with Gasteiger partial charge in [0.05, 0.1) is 5.69 Å². The van der Waals surface area contributed by atoms with E-state index in [9.17, 15) is 0 Å². The van der Waals surface area contributed by atoms with Crippen LogP contribution >= 0.6 is 0 Å². The molecule has 5 heteroatoms. The predicted molar refractivity (Wildman–Crippen MR) is 75.8 cm³/mol. The van der Waals surface area contributed by atoms with Gasteiger partial charge in [0, 0.05) is 49.2 Å². The summed E-state index contributed by atoms with van der Waals surface area (Å²) < 4.78 is 3.97. The lowest BCUT2D eigenvalue weighted by Gasteiger charge is -2.10. The molecule has 0 aromatic carbocycles. The molecule has 0 saturated carbocycles. The van der Waals surface area contributed by atoms with Gasteiger partial charge in [0.25, 0.3) is 0 Å². The molecule has 1 unspecified atom stereocenters. The van der Waals surface area contributed by atoms with Crippen LogP contribution in [0.1, 0.15) is 42.0 Å². The number of nitrogens with two attached hydrogens (primary N) is 1. The second-order valence-electron chi connectivity index (χ2n) is 5.02. The Bertz CT molecular complexity index is 552. The second-order valence-corrected chi connectivity index (χ2v) is 5.02. The van der Waals surface area contributed by atoms with E-state index >= 15 is 0 Å². The lowest BCUT2D eigenvalue weighted by Crippen LogP contribution is -2.12. The summed E-state index contributed by atoms with van der Waals surface area (Å²) in [5, 5.41) is 8.80. The molecule has 2 rings (SSSR count). The van der Waals surface area contributed by atoms with Crippen LogP contribution in [-0.2, 0) is 20.0 Å². The van der Waals surface area contributed by atoms with Gasteiger partial charge in [0.15, 0.2) is 0 Å². The maximum Gasteiger partial charge on any atom is 0.0644 e. The molecule has 0 aliphatic carbocycles. The minimum Gasteiger partial charge on any atom is -0.324 e. The fourth-order valence-corrected chi connectivity index (χ4v) is 2.54. The molecule has 0 aliphatic heterocycles. The molecule has 2 aromatic heterocycles. The van der Waals surface area contributed by atoms with E-state index in [1.54, 1.807) is 0 Å². The number of rotatable bonds is 5. The summed E-state index contributed by atoms with van der Waals surface area (Å²) in [5.74, 6) is 0. The Hall–Kier alpha value is -1.62. The monoisotopic (exact) mass is 261 g/mol. The van der Waals surface area contributed by atoms with Gasteiger partial charge in [-0.1, -0.05) is 6.92 Å². The smallest absolute Gasteiger partial charge is 0.0644 e. The minimum absolute atomic E-state index is 0.0884. The third kappa shape index (κ3) is 2.71. The summed E-state index contributed by atoms with van der Waals surface area (Å²) in [6.45, 7) is 7.12. The number of aromatic nitrogens is 4. The number of nitrogens with zero attached hydrogens (tertiary/aromatic N) is 4. The van der Waals surface area contributed by atoms with Crippen molar-refractivity contribution in [3.63, 3.8) is 0 Å². The van der Waals surface area contributed by atoms with E-state index < -0.39 is 0 Å². The molecule has 1 atom stereocenters. The second kappa shape index (κ2) is 5.57. The third-order valence-corrected chi connectivity index (χ3v) is 3.75. The minimum atomic E-state index is 0.0884. The van der Waals surface area contributed by atoms with Crippen molar-refractivity contribution in [1.82, 2.24) is 19.6 Å². The van der Waals surface area contributed by atoms with Gasteiger partial charge < -0.3 is 5.73 Å². The first-order chi connectivity index (χ1) is 9.04. The highest BCUT2D eigenvalue weighted by Gasteiger charge is 2.16. The molecule has 0 amide bonds.